The van der Waals surface area contributed by atoms with Crippen LogP contribution in [0, 0.1) is 0 Å². The zero-order valence-corrected chi connectivity index (χ0v) is 14.3. The summed E-state index contributed by atoms with van der Waals surface area (Å²) in [5, 5.41) is 18.7. The largest absolute Gasteiger partial charge is 0.438 e. The van der Waals surface area contributed by atoms with E-state index in [1.54, 1.807) is 64.9 Å². The van der Waals surface area contributed by atoms with Crippen LogP contribution >= 0.6 is 11.3 Å². The van der Waals surface area contributed by atoms with Crippen LogP contribution in [-0.4, -0.2) is 25.9 Å². The van der Waals surface area contributed by atoms with Crippen molar-refractivity contribution >= 4 is 22.9 Å². The van der Waals surface area contributed by atoms with Gasteiger partial charge in [-0.15, -0.1) is 10.2 Å². The lowest BCUT2D eigenvalue weighted by atomic mass is 10.2. The molecule has 26 heavy (non-hydrogen) atoms. The van der Waals surface area contributed by atoms with E-state index < -0.39 is 0 Å². The van der Waals surface area contributed by atoms with Crippen molar-refractivity contribution in [3.05, 3.63) is 77.2 Å². The Kier molecular flexibility index (Phi) is 4.40. The van der Waals surface area contributed by atoms with Crippen LogP contribution in [0.3, 0.4) is 0 Å². The van der Waals surface area contributed by atoms with Gasteiger partial charge in [-0.3, -0.25) is 4.79 Å². The normalized spacial score (nSPS) is 10.5. The van der Waals surface area contributed by atoms with E-state index >= 15 is 0 Å². The number of thiophene rings is 1. The number of nitrogens with zero attached hydrogens (tertiary/aromatic N) is 4. The van der Waals surface area contributed by atoms with Gasteiger partial charge in [0.25, 0.3) is 5.91 Å². The number of aromatic nitrogens is 4. The first-order valence-corrected chi connectivity index (χ1v) is 8.67. The fourth-order valence-electron chi connectivity index (χ4n) is 2.22. The molecule has 0 atom stereocenters. The average molecular weight is 363 g/mol. The molecule has 0 unspecified atom stereocenters. The highest BCUT2D eigenvalue weighted by Gasteiger charge is 2.07. The van der Waals surface area contributed by atoms with Gasteiger partial charge in [0.1, 0.15) is 5.75 Å². The smallest absolute Gasteiger partial charge is 0.256 e. The van der Waals surface area contributed by atoms with Gasteiger partial charge in [0.15, 0.2) is 5.82 Å². The summed E-state index contributed by atoms with van der Waals surface area (Å²) in [6, 6.07) is 14.1. The second-order valence-corrected chi connectivity index (χ2v) is 6.05. The van der Waals surface area contributed by atoms with Crippen molar-refractivity contribution in [1.29, 1.82) is 0 Å². The number of anilines is 1. The summed E-state index contributed by atoms with van der Waals surface area (Å²) >= 11 is 1.48. The van der Waals surface area contributed by atoms with Crippen molar-refractivity contribution in [3.8, 4) is 17.4 Å². The van der Waals surface area contributed by atoms with Crippen molar-refractivity contribution in [3.63, 3.8) is 0 Å². The van der Waals surface area contributed by atoms with E-state index in [1.807, 2.05) is 11.4 Å². The number of hydrogen-bond acceptors (Lipinski definition) is 6. The Balaban J connectivity index is 1.40. The Morgan fingerprint density at radius 2 is 1.96 bits per heavy atom. The lowest BCUT2D eigenvalue weighted by Crippen LogP contribution is -2.10. The molecule has 7 nitrogen and oxygen atoms in total. The van der Waals surface area contributed by atoms with E-state index in [4.69, 9.17) is 4.74 Å². The van der Waals surface area contributed by atoms with Crippen molar-refractivity contribution in [2.45, 2.75) is 0 Å². The first-order valence-electron chi connectivity index (χ1n) is 7.73. The minimum atomic E-state index is -0.139. The van der Waals surface area contributed by atoms with Crippen LogP contribution in [0.2, 0.25) is 0 Å². The maximum absolute atomic E-state index is 12.0. The average Bonchev–Trinajstić information content (AvgIpc) is 3.38. The fourth-order valence-corrected chi connectivity index (χ4v) is 2.85. The molecule has 0 bridgehead atoms. The molecule has 4 rings (SSSR count). The molecular formula is C18H13N5O2S. The predicted octanol–water partition coefficient (Wildman–Crippen LogP) is 3.77. The van der Waals surface area contributed by atoms with Gasteiger partial charge in [-0.05, 0) is 47.8 Å². The van der Waals surface area contributed by atoms with Crippen molar-refractivity contribution in [1.82, 2.24) is 20.0 Å². The number of hydrogen-bond donors (Lipinski definition) is 1. The number of carbonyl (C=O) groups excluding carboxylic acids is 1. The monoisotopic (exact) mass is 363 g/mol. The number of carbonyl (C=O) groups is 1. The van der Waals surface area contributed by atoms with Crippen LogP contribution in [0.5, 0.6) is 11.6 Å². The van der Waals surface area contributed by atoms with E-state index in [1.165, 1.54) is 11.3 Å². The molecule has 1 N–H and O–H groups in total. The second kappa shape index (κ2) is 7.16. The fraction of sp³-hybridized carbons (Fsp3) is 0. The van der Waals surface area contributed by atoms with Crippen LogP contribution in [0.4, 0.5) is 5.69 Å². The molecule has 0 aliphatic rings. The van der Waals surface area contributed by atoms with E-state index in [0.29, 0.717) is 28.7 Å². The molecule has 4 aromatic rings. The van der Waals surface area contributed by atoms with Crippen LogP contribution < -0.4 is 10.1 Å². The molecule has 0 spiro atoms. The first kappa shape index (κ1) is 16.0. The van der Waals surface area contributed by atoms with Gasteiger partial charge >= 0.3 is 0 Å². The van der Waals surface area contributed by atoms with Crippen molar-refractivity contribution < 1.29 is 9.53 Å². The van der Waals surface area contributed by atoms with Gasteiger partial charge in [0, 0.05) is 29.5 Å². The van der Waals surface area contributed by atoms with Crippen LogP contribution in [0.1, 0.15) is 10.4 Å². The Hall–Kier alpha value is -3.52. The molecule has 0 aliphatic heterocycles. The molecule has 8 heteroatoms. The van der Waals surface area contributed by atoms with E-state index in [9.17, 15) is 4.79 Å². The van der Waals surface area contributed by atoms with Gasteiger partial charge in [0.05, 0.1) is 5.56 Å². The molecule has 0 saturated heterocycles. The van der Waals surface area contributed by atoms with Crippen molar-refractivity contribution in [2.75, 3.05) is 5.32 Å². The third-order valence-electron chi connectivity index (χ3n) is 3.48. The zero-order chi connectivity index (χ0) is 17.8. The minimum Gasteiger partial charge on any atom is -0.438 e. The predicted molar refractivity (Wildman–Crippen MR) is 97.9 cm³/mol. The number of benzene rings is 1. The van der Waals surface area contributed by atoms with Gasteiger partial charge < -0.3 is 10.1 Å². The highest BCUT2D eigenvalue weighted by atomic mass is 32.1. The summed E-state index contributed by atoms with van der Waals surface area (Å²) < 4.78 is 7.28. The third-order valence-corrected chi connectivity index (χ3v) is 4.17. The maximum atomic E-state index is 12.0. The van der Waals surface area contributed by atoms with Crippen LogP contribution in [-0.2, 0) is 0 Å². The molecule has 0 saturated carbocycles. The SMILES string of the molecule is O=C(Nc1ccc(Oc2ccc(-n3cccn3)nn2)cc1)c1ccsc1. The second-order valence-electron chi connectivity index (χ2n) is 5.27. The summed E-state index contributed by atoms with van der Waals surface area (Å²) in [5.74, 6) is 1.43. The summed E-state index contributed by atoms with van der Waals surface area (Å²) in [4.78, 5) is 12.0. The Morgan fingerprint density at radius 1 is 1.08 bits per heavy atom. The van der Waals surface area contributed by atoms with Gasteiger partial charge in [-0.25, -0.2) is 4.68 Å². The van der Waals surface area contributed by atoms with E-state index in [2.05, 4.69) is 20.6 Å². The Morgan fingerprint density at radius 3 is 2.62 bits per heavy atom. The summed E-state index contributed by atoms with van der Waals surface area (Å²) in [7, 11) is 0. The maximum Gasteiger partial charge on any atom is 0.256 e. The molecular weight excluding hydrogens is 350 g/mol. The quantitative estimate of drug-likeness (QED) is 0.584. The molecule has 3 aromatic heterocycles. The summed E-state index contributed by atoms with van der Waals surface area (Å²) in [6.45, 7) is 0. The van der Waals surface area contributed by atoms with Gasteiger partial charge in [-0.1, -0.05) is 0 Å². The Bertz CT molecular complexity index is 981. The third kappa shape index (κ3) is 3.60. The van der Waals surface area contributed by atoms with E-state index in [0.717, 1.165) is 0 Å². The molecule has 1 amide bonds. The highest BCUT2D eigenvalue weighted by Crippen LogP contribution is 2.22. The van der Waals surface area contributed by atoms with Crippen molar-refractivity contribution in [2.24, 2.45) is 0 Å². The molecule has 0 fully saturated rings. The molecule has 0 radical (unpaired) electrons. The zero-order valence-electron chi connectivity index (χ0n) is 13.4. The van der Waals surface area contributed by atoms with E-state index in [-0.39, 0.29) is 5.91 Å². The molecule has 0 aliphatic carbocycles. The molecule has 128 valence electrons. The van der Waals surface area contributed by atoms with Gasteiger partial charge in [-0.2, -0.15) is 16.4 Å². The topological polar surface area (TPSA) is 81.9 Å². The standard InChI is InChI=1S/C18H13N5O2S/c24-18(13-8-11-26-12-13)20-14-2-4-15(5-3-14)25-17-7-6-16(21-22-17)23-10-1-9-19-23/h1-12H,(H,20,24). The number of nitrogens with one attached hydrogen (secondary N) is 1. The van der Waals surface area contributed by atoms with Crippen LogP contribution in [0.15, 0.2) is 71.7 Å². The molecule has 3 heterocycles. The number of ether oxygens (including phenoxy) is 1. The first-order chi connectivity index (χ1) is 12.8. The lowest BCUT2D eigenvalue weighted by molar-refractivity contribution is 0.102. The van der Waals surface area contributed by atoms with Crippen LogP contribution in [0.25, 0.3) is 5.82 Å². The number of rotatable bonds is 5. The number of amides is 1. The van der Waals surface area contributed by atoms with Gasteiger partial charge in [0.2, 0.25) is 5.88 Å². The lowest BCUT2D eigenvalue weighted by Gasteiger charge is -2.07. The summed E-state index contributed by atoms with van der Waals surface area (Å²) in [5.41, 5.74) is 1.33. The highest BCUT2D eigenvalue weighted by molar-refractivity contribution is 7.08. The summed E-state index contributed by atoms with van der Waals surface area (Å²) in [6.07, 6.45) is 3.46. The Labute approximate surface area is 152 Å². The minimum absolute atomic E-state index is 0.139. The molecule has 1 aromatic carbocycles.